The summed E-state index contributed by atoms with van der Waals surface area (Å²) >= 11 is 6.29. The molecule has 0 radical (unpaired) electrons. The largest absolute Gasteiger partial charge is 0.490 e. The van der Waals surface area contributed by atoms with Crippen molar-refractivity contribution in [3.63, 3.8) is 0 Å². The number of halogens is 2. The second kappa shape index (κ2) is 9.76. The molecule has 1 aliphatic heterocycles. The van der Waals surface area contributed by atoms with Gasteiger partial charge in [-0.1, -0.05) is 18.5 Å². The molecule has 0 spiro atoms. The monoisotopic (exact) mass is 489 g/mol. The molecule has 2 aromatic heterocycles. The van der Waals surface area contributed by atoms with Crippen LogP contribution in [0.3, 0.4) is 0 Å². The molecule has 0 bridgehead atoms. The first kappa shape index (κ1) is 24.2. The van der Waals surface area contributed by atoms with Crippen molar-refractivity contribution in [2.24, 2.45) is 0 Å². The van der Waals surface area contributed by atoms with Crippen LogP contribution in [0.5, 0.6) is 5.75 Å². The molecule has 3 N–H and O–H groups in total. The fraction of sp³-hybridized carbons (Fsp3) is 0.458. The Kier molecular flexibility index (Phi) is 6.95. The lowest BCUT2D eigenvalue weighted by Crippen LogP contribution is -2.33. The number of nitrogens with one attached hydrogen (secondary N) is 1. The van der Waals surface area contributed by atoms with Crippen LogP contribution in [0.25, 0.3) is 5.52 Å². The third-order valence-corrected chi connectivity index (χ3v) is 6.21. The number of nitrogen functional groups attached to an aromatic ring is 1. The average Bonchev–Trinajstić information content (AvgIpc) is 3.42. The van der Waals surface area contributed by atoms with E-state index < -0.39 is 17.6 Å². The van der Waals surface area contributed by atoms with E-state index in [4.69, 9.17) is 31.8 Å². The Labute approximate surface area is 202 Å². The van der Waals surface area contributed by atoms with Crippen LogP contribution >= 0.6 is 11.6 Å². The Morgan fingerprint density at radius 2 is 2.21 bits per heavy atom. The summed E-state index contributed by atoms with van der Waals surface area (Å²) in [5, 5.41) is 2.61. The molecule has 34 heavy (non-hydrogen) atoms. The van der Waals surface area contributed by atoms with Crippen molar-refractivity contribution in [3.8, 4) is 5.75 Å². The van der Waals surface area contributed by atoms with E-state index in [1.807, 2.05) is 32.1 Å². The minimum atomic E-state index is -0.823. The molecule has 4 rings (SSSR count). The number of fused-ring (bicyclic) bond motifs is 1. The zero-order valence-corrected chi connectivity index (χ0v) is 20.4. The Bertz CT molecular complexity index is 1220. The summed E-state index contributed by atoms with van der Waals surface area (Å²) in [6, 6.07) is 1.50. The summed E-state index contributed by atoms with van der Waals surface area (Å²) in [7, 11) is 0. The fourth-order valence-corrected chi connectivity index (χ4v) is 4.54. The van der Waals surface area contributed by atoms with Gasteiger partial charge >= 0.3 is 0 Å². The molecular formula is C24H29ClFN5O3. The molecule has 10 heteroatoms. The molecule has 3 aromatic rings. The molecule has 1 unspecified atom stereocenters. The smallest absolute Gasteiger partial charge is 0.258 e. The van der Waals surface area contributed by atoms with Crippen LogP contribution in [-0.2, 0) is 4.74 Å². The lowest BCUT2D eigenvalue weighted by molar-refractivity contribution is 0.0849. The summed E-state index contributed by atoms with van der Waals surface area (Å²) in [4.78, 5) is 22.0. The molecule has 1 saturated heterocycles. The van der Waals surface area contributed by atoms with Crippen molar-refractivity contribution in [3.05, 3.63) is 51.9 Å². The number of hydrogen-bond acceptors (Lipinski definition) is 6. The third-order valence-electron chi connectivity index (χ3n) is 5.93. The minimum Gasteiger partial charge on any atom is -0.490 e. The van der Waals surface area contributed by atoms with Crippen LogP contribution < -0.4 is 15.8 Å². The SMILES string of the molecule is Cc1nc(C(C)c2cc(Cl)c(F)c(C(=O)NC[C@@H]3CCCO3)c2OC(C)C)n2ccnc(N)c12. The normalized spacial score (nSPS) is 16.9. The van der Waals surface area contributed by atoms with Crippen molar-refractivity contribution in [2.75, 3.05) is 18.9 Å². The van der Waals surface area contributed by atoms with Gasteiger partial charge < -0.3 is 20.5 Å². The topological polar surface area (TPSA) is 104 Å². The van der Waals surface area contributed by atoms with Crippen LogP contribution in [0.1, 0.15) is 67.0 Å². The Balaban J connectivity index is 1.81. The highest BCUT2D eigenvalue weighted by molar-refractivity contribution is 6.31. The maximum absolute atomic E-state index is 15.3. The Hall–Kier alpha value is -2.91. The van der Waals surface area contributed by atoms with Gasteiger partial charge in [0.25, 0.3) is 5.91 Å². The van der Waals surface area contributed by atoms with Gasteiger partial charge in [-0.05, 0) is 39.7 Å². The van der Waals surface area contributed by atoms with Crippen LogP contribution in [0.2, 0.25) is 5.02 Å². The van der Waals surface area contributed by atoms with E-state index in [2.05, 4.69) is 10.3 Å². The van der Waals surface area contributed by atoms with Crippen molar-refractivity contribution < 1.29 is 18.7 Å². The summed E-state index contributed by atoms with van der Waals surface area (Å²) in [6.45, 7) is 8.32. The number of aromatic nitrogens is 3. The number of rotatable bonds is 7. The molecular weight excluding hydrogens is 461 g/mol. The summed E-state index contributed by atoms with van der Waals surface area (Å²) in [5.74, 6) is -0.683. The summed E-state index contributed by atoms with van der Waals surface area (Å²) in [6.07, 6.45) is 4.74. The van der Waals surface area contributed by atoms with Gasteiger partial charge in [0.1, 0.15) is 28.5 Å². The van der Waals surface area contributed by atoms with Crippen molar-refractivity contribution >= 4 is 28.8 Å². The fourth-order valence-electron chi connectivity index (χ4n) is 4.33. The van der Waals surface area contributed by atoms with Crippen LogP contribution in [0.4, 0.5) is 10.2 Å². The van der Waals surface area contributed by atoms with Gasteiger partial charge in [0.2, 0.25) is 0 Å². The number of carbonyl (C=O) groups excluding carboxylic acids is 1. The predicted octanol–water partition coefficient (Wildman–Crippen LogP) is 4.26. The molecule has 8 nitrogen and oxygen atoms in total. The van der Waals surface area contributed by atoms with E-state index in [0.717, 1.165) is 12.8 Å². The average molecular weight is 490 g/mol. The number of amides is 1. The van der Waals surface area contributed by atoms with E-state index in [-0.39, 0.29) is 35.1 Å². The van der Waals surface area contributed by atoms with Crippen LogP contribution in [0.15, 0.2) is 18.5 Å². The first-order chi connectivity index (χ1) is 16.2. The maximum atomic E-state index is 15.3. The number of ether oxygens (including phenoxy) is 2. The van der Waals surface area contributed by atoms with Gasteiger partial charge in [-0.2, -0.15) is 0 Å². The molecule has 1 amide bonds. The highest BCUT2D eigenvalue weighted by atomic mass is 35.5. The maximum Gasteiger partial charge on any atom is 0.258 e. The number of nitrogens with two attached hydrogens (primary N) is 1. The zero-order valence-electron chi connectivity index (χ0n) is 19.7. The number of carbonyl (C=O) groups is 1. The number of hydrogen-bond donors (Lipinski definition) is 2. The molecule has 1 fully saturated rings. The third kappa shape index (κ3) is 4.54. The van der Waals surface area contributed by atoms with Gasteiger partial charge in [-0.3, -0.25) is 9.20 Å². The van der Waals surface area contributed by atoms with Gasteiger partial charge in [0.05, 0.1) is 22.9 Å². The number of aryl methyl sites for hydroxylation is 1. The number of benzene rings is 1. The molecule has 0 saturated carbocycles. The molecule has 182 valence electrons. The molecule has 3 heterocycles. The molecule has 2 atom stereocenters. The van der Waals surface area contributed by atoms with Gasteiger partial charge in [0.15, 0.2) is 5.82 Å². The van der Waals surface area contributed by atoms with E-state index >= 15 is 4.39 Å². The van der Waals surface area contributed by atoms with Crippen molar-refractivity contribution in [1.82, 2.24) is 19.7 Å². The summed E-state index contributed by atoms with van der Waals surface area (Å²) < 4.78 is 28.7. The molecule has 1 aliphatic rings. The van der Waals surface area contributed by atoms with E-state index in [0.29, 0.717) is 35.0 Å². The predicted molar refractivity (Wildman–Crippen MR) is 128 cm³/mol. The minimum absolute atomic E-state index is 0.0858. The summed E-state index contributed by atoms with van der Waals surface area (Å²) in [5.41, 5.74) is 7.79. The van der Waals surface area contributed by atoms with Gasteiger partial charge in [-0.25, -0.2) is 14.4 Å². The zero-order chi connectivity index (χ0) is 24.6. The molecule has 0 aliphatic carbocycles. The van der Waals surface area contributed by atoms with E-state index in [1.54, 1.807) is 12.4 Å². The lowest BCUT2D eigenvalue weighted by atomic mass is 9.95. The van der Waals surface area contributed by atoms with Gasteiger partial charge in [-0.15, -0.1) is 0 Å². The number of nitrogens with zero attached hydrogens (tertiary/aromatic N) is 3. The lowest BCUT2D eigenvalue weighted by Gasteiger charge is -2.23. The first-order valence-electron chi connectivity index (χ1n) is 11.4. The first-order valence-corrected chi connectivity index (χ1v) is 11.7. The quantitative estimate of drug-likeness (QED) is 0.514. The second-order valence-electron chi connectivity index (χ2n) is 8.79. The molecule has 1 aromatic carbocycles. The van der Waals surface area contributed by atoms with E-state index in [9.17, 15) is 4.79 Å². The van der Waals surface area contributed by atoms with Crippen molar-refractivity contribution in [1.29, 1.82) is 0 Å². The second-order valence-corrected chi connectivity index (χ2v) is 9.19. The number of anilines is 1. The standard InChI is InChI=1S/C24H29ClFN5O3/c1-12(2)34-21-16(13(3)23-30-14(4)20-22(27)28-7-8-31(20)23)10-17(25)19(26)18(21)24(32)29-11-15-6-5-9-33-15/h7-8,10,12-13,15H,5-6,9,11H2,1-4H3,(H2,27,28)(H,29,32)/t13?,15-/m0/s1. The Morgan fingerprint density at radius 1 is 1.44 bits per heavy atom. The highest BCUT2D eigenvalue weighted by Crippen LogP contribution is 2.40. The highest BCUT2D eigenvalue weighted by Gasteiger charge is 2.30. The van der Waals surface area contributed by atoms with E-state index in [1.165, 1.54) is 6.07 Å². The van der Waals surface area contributed by atoms with Crippen molar-refractivity contribution in [2.45, 2.75) is 58.7 Å². The number of imidazole rings is 1. The Morgan fingerprint density at radius 3 is 2.88 bits per heavy atom. The van der Waals surface area contributed by atoms with Crippen LogP contribution in [0, 0.1) is 12.7 Å². The van der Waals surface area contributed by atoms with Gasteiger partial charge in [0, 0.05) is 37.0 Å². The van der Waals surface area contributed by atoms with Crippen LogP contribution in [-0.4, -0.2) is 45.6 Å².